The average Bonchev–Trinajstić information content (AvgIpc) is 3.10. The normalized spacial score (nSPS) is 13.3. The van der Waals surface area contributed by atoms with Gasteiger partial charge in [-0.2, -0.15) is 5.26 Å². The highest BCUT2D eigenvalue weighted by Crippen LogP contribution is 2.35. The van der Waals surface area contributed by atoms with Crippen LogP contribution in [0.2, 0.25) is 0 Å². The first kappa shape index (κ1) is 21.7. The summed E-state index contributed by atoms with van der Waals surface area (Å²) in [6, 6.07) is 7.43. The summed E-state index contributed by atoms with van der Waals surface area (Å²) in [7, 11) is 3.08. The van der Waals surface area contributed by atoms with Gasteiger partial charge in [0.05, 0.1) is 25.7 Å². The minimum Gasteiger partial charge on any atom is -0.493 e. The number of nitrogens with one attached hydrogen (secondary N) is 1. The van der Waals surface area contributed by atoms with Gasteiger partial charge in [0.1, 0.15) is 17.5 Å². The molecule has 2 aromatic rings. The number of ether oxygens (including phenoxy) is 2. The zero-order chi connectivity index (χ0) is 21.7. The number of aromatic nitrogens is 2. The van der Waals surface area contributed by atoms with Crippen molar-refractivity contribution in [2.45, 2.75) is 5.16 Å². The molecule has 156 valence electrons. The van der Waals surface area contributed by atoms with Gasteiger partial charge in [-0.25, -0.2) is 9.97 Å². The van der Waals surface area contributed by atoms with Crippen molar-refractivity contribution >= 4 is 40.5 Å². The van der Waals surface area contributed by atoms with Crippen molar-refractivity contribution in [1.29, 1.82) is 5.26 Å². The molecular formula is C19H19N5O4S2. The van der Waals surface area contributed by atoms with Crippen molar-refractivity contribution in [3.8, 4) is 28.8 Å². The molecule has 1 aromatic carbocycles. The number of methoxy groups -OCH3 is 2. The van der Waals surface area contributed by atoms with Crippen LogP contribution in [0.3, 0.4) is 0 Å². The second-order valence-electron chi connectivity index (χ2n) is 5.99. The minimum absolute atomic E-state index is 0.163. The van der Waals surface area contributed by atoms with E-state index < -0.39 is 0 Å². The molecule has 2 amide bonds. The topological polar surface area (TPSA) is 117 Å². The Labute approximate surface area is 182 Å². The molecule has 0 spiro atoms. The Morgan fingerprint density at radius 1 is 1.27 bits per heavy atom. The molecule has 0 atom stereocenters. The molecule has 9 nitrogen and oxygen atoms in total. The molecule has 2 heterocycles. The van der Waals surface area contributed by atoms with Crippen LogP contribution in [0.1, 0.15) is 5.56 Å². The van der Waals surface area contributed by atoms with E-state index >= 15 is 0 Å². The average molecular weight is 446 g/mol. The fourth-order valence-corrected chi connectivity index (χ4v) is 3.96. The number of hydrogen-bond donors (Lipinski definition) is 1. The van der Waals surface area contributed by atoms with Crippen LogP contribution in [-0.4, -0.2) is 65.3 Å². The number of hydrogen-bond acceptors (Lipinski definition) is 10. The molecule has 1 aromatic heterocycles. The van der Waals surface area contributed by atoms with Crippen molar-refractivity contribution in [3.05, 3.63) is 23.8 Å². The van der Waals surface area contributed by atoms with Crippen molar-refractivity contribution in [2.75, 3.05) is 44.6 Å². The first-order chi connectivity index (χ1) is 14.5. The Kier molecular flexibility index (Phi) is 7.02. The lowest BCUT2D eigenvalue weighted by molar-refractivity contribution is -0.124. The van der Waals surface area contributed by atoms with Gasteiger partial charge in [-0.1, -0.05) is 23.5 Å². The number of nitriles is 1. The lowest BCUT2D eigenvalue weighted by Gasteiger charge is -2.16. The van der Waals surface area contributed by atoms with Gasteiger partial charge in [0.15, 0.2) is 16.7 Å². The molecule has 0 unspecified atom stereocenters. The van der Waals surface area contributed by atoms with Crippen LogP contribution >= 0.6 is 23.5 Å². The van der Waals surface area contributed by atoms with Gasteiger partial charge in [-0.3, -0.25) is 14.5 Å². The first-order valence-electron chi connectivity index (χ1n) is 8.81. The molecule has 1 aliphatic heterocycles. The predicted molar refractivity (Wildman–Crippen MR) is 115 cm³/mol. The van der Waals surface area contributed by atoms with Gasteiger partial charge in [0.2, 0.25) is 5.91 Å². The maximum atomic E-state index is 11.8. The molecule has 11 heteroatoms. The van der Waals surface area contributed by atoms with Gasteiger partial charge in [0.25, 0.3) is 5.24 Å². The van der Waals surface area contributed by atoms with E-state index in [0.29, 0.717) is 33.7 Å². The van der Waals surface area contributed by atoms with E-state index in [9.17, 15) is 14.9 Å². The Bertz CT molecular complexity index is 1010. The predicted octanol–water partition coefficient (Wildman–Crippen LogP) is 2.86. The van der Waals surface area contributed by atoms with Crippen LogP contribution in [0.25, 0.3) is 11.3 Å². The summed E-state index contributed by atoms with van der Waals surface area (Å²) < 4.78 is 10.6. The second kappa shape index (κ2) is 9.69. The largest absolute Gasteiger partial charge is 0.493 e. The number of benzene rings is 1. The number of carbonyl (C=O) groups is 2. The van der Waals surface area contributed by atoms with E-state index in [2.05, 4.69) is 21.4 Å². The molecule has 1 saturated heterocycles. The molecule has 0 bridgehead atoms. The van der Waals surface area contributed by atoms with Crippen molar-refractivity contribution in [3.63, 3.8) is 0 Å². The van der Waals surface area contributed by atoms with Gasteiger partial charge in [-0.15, -0.1) is 0 Å². The zero-order valence-corrected chi connectivity index (χ0v) is 18.2. The van der Waals surface area contributed by atoms with E-state index in [1.165, 1.54) is 23.8 Å². The second-order valence-corrected chi connectivity index (χ2v) is 7.69. The lowest BCUT2D eigenvalue weighted by atomic mass is 10.1. The van der Waals surface area contributed by atoms with Crippen LogP contribution in [0, 0.1) is 11.3 Å². The molecule has 1 N–H and O–H groups in total. The molecule has 3 rings (SSSR count). The summed E-state index contributed by atoms with van der Waals surface area (Å²) >= 11 is 2.32. The van der Waals surface area contributed by atoms with E-state index in [4.69, 9.17) is 9.47 Å². The molecule has 0 radical (unpaired) electrons. The number of amides is 2. The highest BCUT2D eigenvalue weighted by molar-refractivity contribution is 8.14. The van der Waals surface area contributed by atoms with Crippen LogP contribution in [0.5, 0.6) is 11.5 Å². The van der Waals surface area contributed by atoms with Crippen LogP contribution in [0.4, 0.5) is 10.6 Å². The van der Waals surface area contributed by atoms with Crippen LogP contribution < -0.4 is 14.8 Å². The summed E-state index contributed by atoms with van der Waals surface area (Å²) in [5, 5.41) is 13.1. The number of carbonyl (C=O) groups excluding carboxylic acids is 2. The SMILES string of the molecule is COc1ccc(-c2nc(SC)nc(NCCN3C(=O)CSC3=O)c2C#N)cc1OC. The number of imide groups is 1. The lowest BCUT2D eigenvalue weighted by Crippen LogP contribution is -2.33. The molecule has 1 fully saturated rings. The van der Waals surface area contributed by atoms with Crippen LogP contribution in [0.15, 0.2) is 23.4 Å². The van der Waals surface area contributed by atoms with E-state index in [1.807, 2.05) is 6.26 Å². The third-order valence-electron chi connectivity index (χ3n) is 4.31. The van der Waals surface area contributed by atoms with Gasteiger partial charge in [0, 0.05) is 18.7 Å². The maximum Gasteiger partial charge on any atom is 0.288 e. The fraction of sp³-hybridized carbons (Fsp3) is 0.316. The third kappa shape index (κ3) is 4.44. The standard InChI is InChI=1S/C19H19N5O4S2/c1-27-13-5-4-11(8-14(13)28-2)16-12(9-20)17(23-18(22-16)29-3)21-6-7-24-15(25)10-30-19(24)26/h4-5,8H,6-7,10H2,1-3H3,(H,21,22,23). The Balaban J connectivity index is 1.92. The van der Waals surface area contributed by atoms with Crippen molar-refractivity contribution < 1.29 is 19.1 Å². The number of anilines is 1. The maximum absolute atomic E-state index is 11.8. The van der Waals surface area contributed by atoms with E-state index in [0.717, 1.165) is 11.8 Å². The molecule has 30 heavy (non-hydrogen) atoms. The van der Waals surface area contributed by atoms with Crippen molar-refractivity contribution in [2.24, 2.45) is 0 Å². The number of thioether (sulfide) groups is 2. The van der Waals surface area contributed by atoms with Gasteiger partial charge in [-0.05, 0) is 24.5 Å². The Hall–Kier alpha value is -2.97. The quantitative estimate of drug-likeness (QED) is 0.480. The Morgan fingerprint density at radius 2 is 2.03 bits per heavy atom. The summed E-state index contributed by atoms with van der Waals surface area (Å²) in [4.78, 5) is 33.6. The van der Waals surface area contributed by atoms with E-state index in [-0.39, 0.29) is 35.6 Å². The fourth-order valence-electron chi connectivity index (χ4n) is 2.84. The van der Waals surface area contributed by atoms with Crippen molar-refractivity contribution in [1.82, 2.24) is 14.9 Å². The Morgan fingerprint density at radius 3 is 2.63 bits per heavy atom. The monoisotopic (exact) mass is 445 g/mol. The van der Waals surface area contributed by atoms with Gasteiger partial charge < -0.3 is 14.8 Å². The first-order valence-corrected chi connectivity index (χ1v) is 11.0. The summed E-state index contributed by atoms with van der Waals surface area (Å²) in [6.07, 6.45) is 1.84. The van der Waals surface area contributed by atoms with E-state index in [1.54, 1.807) is 25.3 Å². The van der Waals surface area contributed by atoms with Gasteiger partial charge >= 0.3 is 0 Å². The minimum atomic E-state index is -0.263. The summed E-state index contributed by atoms with van der Waals surface area (Å²) in [5.41, 5.74) is 1.38. The summed E-state index contributed by atoms with van der Waals surface area (Å²) in [6.45, 7) is 0.461. The molecule has 0 saturated carbocycles. The molecule has 1 aliphatic rings. The molecular weight excluding hydrogens is 426 g/mol. The smallest absolute Gasteiger partial charge is 0.288 e. The third-order valence-corrected chi connectivity index (χ3v) is 5.71. The highest BCUT2D eigenvalue weighted by atomic mass is 32.2. The van der Waals surface area contributed by atoms with Crippen LogP contribution in [-0.2, 0) is 4.79 Å². The summed E-state index contributed by atoms with van der Waals surface area (Å²) in [5.74, 6) is 1.37. The number of nitrogens with zero attached hydrogens (tertiary/aromatic N) is 4. The zero-order valence-electron chi connectivity index (χ0n) is 16.6. The number of rotatable bonds is 8. The molecule has 0 aliphatic carbocycles. The highest BCUT2D eigenvalue weighted by Gasteiger charge is 2.29.